The Kier molecular flexibility index (Phi) is 5.24. The molecule has 0 atom stereocenters. The van der Waals surface area contributed by atoms with Gasteiger partial charge in [0, 0.05) is 0 Å². The average molecular weight is 260 g/mol. The van der Waals surface area contributed by atoms with Crippen LogP contribution in [0.4, 0.5) is 18.9 Å². The molecule has 1 nitrogen and oxygen atoms in total. The Balaban J connectivity index is 0.000000921. The highest BCUT2D eigenvalue weighted by Crippen LogP contribution is 2.41. The monoisotopic (exact) mass is 259 g/mol. The summed E-state index contributed by atoms with van der Waals surface area (Å²) in [5.41, 5.74) is 3.97. The second-order valence-corrected chi connectivity index (χ2v) is 3.11. The lowest BCUT2D eigenvalue weighted by Crippen LogP contribution is -2.08. The molecule has 0 heterocycles. The number of alkyl halides is 3. The second kappa shape index (κ2) is 5.47. The van der Waals surface area contributed by atoms with E-state index in [9.17, 15) is 13.2 Å². The van der Waals surface area contributed by atoms with Crippen molar-refractivity contribution in [3.63, 3.8) is 0 Å². The predicted molar refractivity (Wildman–Crippen MR) is 57.2 cm³/mol. The quantitative estimate of drug-likeness (QED) is 0.676. The topological polar surface area (TPSA) is 26.0 Å². The van der Waals surface area contributed by atoms with Crippen molar-refractivity contribution >= 4 is 28.9 Å². The van der Waals surface area contributed by atoms with E-state index in [1.54, 1.807) is 0 Å². The van der Waals surface area contributed by atoms with Gasteiger partial charge in [-0.15, -0.1) is 0 Å². The minimum atomic E-state index is -4.58. The lowest BCUT2D eigenvalue weighted by atomic mass is 10.2. The van der Waals surface area contributed by atoms with Gasteiger partial charge in [0.1, 0.15) is 0 Å². The van der Waals surface area contributed by atoms with Crippen LogP contribution in [0.15, 0.2) is 12.1 Å². The van der Waals surface area contributed by atoms with Crippen molar-refractivity contribution < 1.29 is 13.2 Å². The maximum Gasteiger partial charge on any atom is 0.419 e. The Morgan fingerprint density at radius 1 is 1.13 bits per heavy atom. The van der Waals surface area contributed by atoms with Crippen LogP contribution in [0.1, 0.15) is 19.4 Å². The van der Waals surface area contributed by atoms with Crippen molar-refractivity contribution in [3.05, 3.63) is 27.7 Å². The zero-order valence-electron chi connectivity index (χ0n) is 8.12. The molecule has 2 N–H and O–H groups in total. The van der Waals surface area contributed by atoms with Crippen molar-refractivity contribution in [2.75, 3.05) is 5.73 Å². The van der Waals surface area contributed by atoms with Gasteiger partial charge in [-0.1, -0.05) is 37.0 Å². The molecular formula is C9H10Cl2F3N. The molecule has 0 aliphatic carbocycles. The highest BCUT2D eigenvalue weighted by Gasteiger charge is 2.36. The zero-order valence-corrected chi connectivity index (χ0v) is 9.63. The Bertz CT molecular complexity index is 337. The summed E-state index contributed by atoms with van der Waals surface area (Å²) >= 11 is 10.7. The van der Waals surface area contributed by atoms with Crippen LogP contribution in [-0.4, -0.2) is 0 Å². The van der Waals surface area contributed by atoms with E-state index in [-0.39, 0.29) is 5.69 Å². The predicted octanol–water partition coefficient (Wildman–Crippen LogP) is 4.62. The summed E-state index contributed by atoms with van der Waals surface area (Å²) < 4.78 is 36.8. The molecular weight excluding hydrogens is 250 g/mol. The fourth-order valence-corrected chi connectivity index (χ4v) is 1.41. The number of hydrogen-bond acceptors (Lipinski definition) is 1. The van der Waals surface area contributed by atoms with Gasteiger partial charge >= 0.3 is 6.18 Å². The van der Waals surface area contributed by atoms with Crippen LogP contribution in [-0.2, 0) is 6.18 Å². The summed E-state index contributed by atoms with van der Waals surface area (Å²) in [4.78, 5) is 0. The first-order chi connectivity index (χ1) is 6.84. The molecule has 0 aromatic heterocycles. The average Bonchev–Trinajstić information content (AvgIpc) is 2.13. The lowest BCUT2D eigenvalue weighted by molar-refractivity contribution is -0.137. The third-order valence-corrected chi connectivity index (χ3v) is 2.13. The van der Waals surface area contributed by atoms with Crippen LogP contribution >= 0.6 is 23.2 Å². The fraction of sp³-hybridized carbons (Fsp3) is 0.333. The first-order valence-corrected chi connectivity index (χ1v) is 4.90. The minimum absolute atomic E-state index is 0.140. The first kappa shape index (κ1) is 14.4. The van der Waals surface area contributed by atoms with Gasteiger partial charge < -0.3 is 5.73 Å². The summed E-state index contributed by atoms with van der Waals surface area (Å²) in [6.45, 7) is 4.00. The third-order valence-electron chi connectivity index (χ3n) is 1.40. The van der Waals surface area contributed by atoms with Crippen molar-refractivity contribution in [1.29, 1.82) is 0 Å². The number of benzene rings is 1. The Morgan fingerprint density at radius 2 is 1.60 bits per heavy atom. The molecule has 0 unspecified atom stereocenters. The van der Waals surface area contributed by atoms with E-state index in [1.807, 2.05) is 13.8 Å². The van der Waals surface area contributed by atoms with E-state index in [1.165, 1.54) is 6.07 Å². The van der Waals surface area contributed by atoms with Crippen molar-refractivity contribution in [2.24, 2.45) is 0 Å². The molecule has 86 valence electrons. The lowest BCUT2D eigenvalue weighted by Gasteiger charge is -2.11. The highest BCUT2D eigenvalue weighted by molar-refractivity contribution is 6.37. The standard InChI is InChI=1S/C7H4Cl2F3N.C2H6/c8-3-1-2-4(13)6(9)5(3)7(10,11)12;1-2/h1-2H,13H2;1-2H3. The van der Waals surface area contributed by atoms with Gasteiger partial charge in [0.05, 0.1) is 21.3 Å². The van der Waals surface area contributed by atoms with E-state index in [4.69, 9.17) is 28.9 Å². The van der Waals surface area contributed by atoms with Crippen LogP contribution in [0.3, 0.4) is 0 Å². The number of halogens is 5. The first-order valence-electron chi connectivity index (χ1n) is 4.14. The fourth-order valence-electron chi connectivity index (χ4n) is 0.828. The van der Waals surface area contributed by atoms with E-state index in [0.29, 0.717) is 0 Å². The summed E-state index contributed by atoms with van der Waals surface area (Å²) in [6, 6.07) is 2.28. The molecule has 0 fully saturated rings. The van der Waals surface area contributed by atoms with Gasteiger partial charge in [0.25, 0.3) is 0 Å². The molecule has 1 aromatic rings. The van der Waals surface area contributed by atoms with E-state index in [0.717, 1.165) is 6.07 Å². The van der Waals surface area contributed by atoms with Gasteiger partial charge in [-0.3, -0.25) is 0 Å². The van der Waals surface area contributed by atoms with Crippen molar-refractivity contribution in [1.82, 2.24) is 0 Å². The summed E-state index contributed by atoms with van der Waals surface area (Å²) in [7, 11) is 0. The third kappa shape index (κ3) is 3.47. The molecule has 0 radical (unpaired) electrons. The maximum atomic E-state index is 12.3. The van der Waals surface area contributed by atoms with E-state index < -0.39 is 21.8 Å². The highest BCUT2D eigenvalue weighted by atomic mass is 35.5. The largest absolute Gasteiger partial charge is 0.419 e. The molecule has 0 saturated carbocycles. The number of hydrogen-bond donors (Lipinski definition) is 1. The van der Waals surface area contributed by atoms with Crippen LogP contribution < -0.4 is 5.73 Å². The van der Waals surface area contributed by atoms with Crippen LogP contribution in [0.2, 0.25) is 10.0 Å². The summed E-state index contributed by atoms with van der Waals surface area (Å²) in [6.07, 6.45) is -4.58. The SMILES string of the molecule is CC.Nc1ccc(Cl)c(C(F)(F)F)c1Cl. The molecule has 15 heavy (non-hydrogen) atoms. The zero-order chi connectivity index (χ0) is 12.2. The van der Waals surface area contributed by atoms with Gasteiger partial charge in [0.2, 0.25) is 0 Å². The Morgan fingerprint density at radius 3 is 1.93 bits per heavy atom. The maximum absolute atomic E-state index is 12.3. The van der Waals surface area contributed by atoms with Crippen LogP contribution in [0, 0.1) is 0 Å². The molecule has 0 bridgehead atoms. The smallest absolute Gasteiger partial charge is 0.398 e. The second-order valence-electron chi connectivity index (χ2n) is 2.32. The molecule has 1 rings (SSSR count). The number of nitrogens with two attached hydrogens (primary N) is 1. The van der Waals surface area contributed by atoms with Crippen LogP contribution in [0.5, 0.6) is 0 Å². The molecule has 0 spiro atoms. The molecule has 0 aliphatic rings. The molecule has 1 aromatic carbocycles. The van der Waals surface area contributed by atoms with Gasteiger partial charge in [-0.2, -0.15) is 13.2 Å². The van der Waals surface area contributed by atoms with Crippen molar-refractivity contribution in [2.45, 2.75) is 20.0 Å². The summed E-state index contributed by atoms with van der Waals surface area (Å²) in [5, 5.41) is -1.01. The Hall–Kier alpha value is -0.610. The summed E-state index contributed by atoms with van der Waals surface area (Å²) in [5.74, 6) is 0. The minimum Gasteiger partial charge on any atom is -0.398 e. The number of rotatable bonds is 0. The molecule has 0 aliphatic heterocycles. The van der Waals surface area contributed by atoms with Gasteiger partial charge in [-0.05, 0) is 12.1 Å². The van der Waals surface area contributed by atoms with E-state index in [2.05, 4.69) is 0 Å². The number of nitrogen functional groups attached to an aromatic ring is 1. The van der Waals surface area contributed by atoms with Gasteiger partial charge in [0.15, 0.2) is 0 Å². The molecule has 6 heteroatoms. The van der Waals surface area contributed by atoms with Crippen molar-refractivity contribution in [3.8, 4) is 0 Å². The molecule has 0 amide bonds. The van der Waals surface area contributed by atoms with Crippen LogP contribution in [0.25, 0.3) is 0 Å². The van der Waals surface area contributed by atoms with E-state index >= 15 is 0 Å². The van der Waals surface area contributed by atoms with Gasteiger partial charge in [-0.25, -0.2) is 0 Å². The number of anilines is 1. The molecule has 0 saturated heterocycles. The normalized spacial score (nSPS) is 10.6. The Labute approximate surface area is 96.0 Å².